The van der Waals surface area contributed by atoms with Crippen molar-refractivity contribution in [2.75, 3.05) is 13.6 Å². The van der Waals surface area contributed by atoms with Crippen LogP contribution in [0.2, 0.25) is 0 Å². The normalized spacial score (nSPS) is 26.1. The minimum Gasteiger partial charge on any atom is -0.302 e. The predicted octanol–water partition coefficient (Wildman–Crippen LogP) is 2.55. The Bertz CT molecular complexity index is 231. The molecular formula is C12H20N2. The molecule has 2 fully saturated rings. The minimum atomic E-state index is 0.0251. The monoisotopic (exact) mass is 192 g/mol. The smallest absolute Gasteiger partial charge is 0.0703 e. The zero-order valence-corrected chi connectivity index (χ0v) is 9.13. The molecule has 0 N–H and O–H groups in total. The number of nitriles is 1. The third kappa shape index (κ3) is 1.79. The Morgan fingerprint density at radius 1 is 1.29 bits per heavy atom. The Balaban J connectivity index is 1.87. The quantitative estimate of drug-likeness (QED) is 0.687. The summed E-state index contributed by atoms with van der Waals surface area (Å²) in [7, 11) is 2.20. The van der Waals surface area contributed by atoms with Crippen LogP contribution in [0.15, 0.2) is 0 Å². The van der Waals surface area contributed by atoms with Crippen LogP contribution in [0.5, 0.6) is 0 Å². The van der Waals surface area contributed by atoms with E-state index in [1.807, 2.05) is 0 Å². The summed E-state index contributed by atoms with van der Waals surface area (Å²) in [5.41, 5.74) is 0.0251. The van der Waals surface area contributed by atoms with E-state index in [0.717, 1.165) is 25.4 Å². The standard InChI is InChI=1S/C12H20N2/c1-14(11-5-2-3-6-11)10-12(9-13)7-4-8-12/h11H,2-8,10H2,1H3. The molecule has 0 heterocycles. The topological polar surface area (TPSA) is 27.0 Å². The summed E-state index contributed by atoms with van der Waals surface area (Å²) in [6.07, 6.45) is 8.96. The van der Waals surface area contributed by atoms with Crippen molar-refractivity contribution in [2.24, 2.45) is 5.41 Å². The van der Waals surface area contributed by atoms with Crippen LogP contribution in [0.25, 0.3) is 0 Å². The molecule has 0 aromatic carbocycles. The summed E-state index contributed by atoms with van der Waals surface area (Å²) in [6.45, 7) is 1.01. The first-order valence-electron chi connectivity index (χ1n) is 5.87. The SMILES string of the molecule is CN(CC1(C#N)CCC1)C1CCCC1. The predicted molar refractivity (Wildman–Crippen MR) is 56.8 cm³/mol. The maximum Gasteiger partial charge on any atom is 0.0703 e. The van der Waals surface area contributed by atoms with Crippen LogP contribution >= 0.6 is 0 Å². The van der Waals surface area contributed by atoms with Crippen molar-refractivity contribution < 1.29 is 0 Å². The third-order valence-electron chi connectivity index (χ3n) is 4.05. The van der Waals surface area contributed by atoms with E-state index in [-0.39, 0.29) is 5.41 Å². The lowest BCUT2D eigenvalue weighted by molar-refractivity contribution is 0.110. The first-order valence-corrected chi connectivity index (χ1v) is 5.87. The van der Waals surface area contributed by atoms with Crippen LogP contribution in [0.1, 0.15) is 44.9 Å². The van der Waals surface area contributed by atoms with Crippen LogP contribution in [-0.2, 0) is 0 Å². The summed E-state index contributed by atoms with van der Waals surface area (Å²) in [4.78, 5) is 2.44. The van der Waals surface area contributed by atoms with Crippen LogP contribution < -0.4 is 0 Å². The average molecular weight is 192 g/mol. The van der Waals surface area contributed by atoms with Crippen molar-refractivity contribution in [1.29, 1.82) is 5.26 Å². The van der Waals surface area contributed by atoms with E-state index >= 15 is 0 Å². The second-order valence-corrected chi connectivity index (χ2v) is 5.10. The van der Waals surface area contributed by atoms with Gasteiger partial charge in [0, 0.05) is 12.6 Å². The molecule has 0 bridgehead atoms. The number of nitrogens with zero attached hydrogens (tertiary/aromatic N) is 2. The molecule has 0 aromatic rings. The maximum atomic E-state index is 9.15. The number of hydrogen-bond donors (Lipinski definition) is 0. The fourth-order valence-corrected chi connectivity index (χ4v) is 2.86. The lowest BCUT2D eigenvalue weighted by Gasteiger charge is -2.40. The first kappa shape index (κ1) is 9.98. The molecule has 0 spiro atoms. The molecule has 0 aliphatic heterocycles. The van der Waals surface area contributed by atoms with Crippen molar-refractivity contribution in [3.8, 4) is 6.07 Å². The minimum absolute atomic E-state index is 0.0251. The molecule has 2 heteroatoms. The van der Waals surface area contributed by atoms with Crippen LogP contribution in [0.4, 0.5) is 0 Å². The molecule has 2 nitrogen and oxygen atoms in total. The lowest BCUT2D eigenvalue weighted by Crippen LogP contribution is -2.43. The Morgan fingerprint density at radius 2 is 1.93 bits per heavy atom. The Labute approximate surface area is 86.9 Å². The molecule has 2 aliphatic carbocycles. The van der Waals surface area contributed by atoms with Crippen molar-refractivity contribution in [1.82, 2.24) is 4.90 Å². The molecule has 0 atom stereocenters. The van der Waals surface area contributed by atoms with Gasteiger partial charge < -0.3 is 4.90 Å². The molecule has 14 heavy (non-hydrogen) atoms. The highest BCUT2D eigenvalue weighted by atomic mass is 15.1. The van der Waals surface area contributed by atoms with E-state index in [4.69, 9.17) is 5.26 Å². The summed E-state index contributed by atoms with van der Waals surface area (Å²) in [5.74, 6) is 0. The zero-order chi connectivity index (χ0) is 10.0. The van der Waals surface area contributed by atoms with E-state index in [2.05, 4.69) is 18.0 Å². The average Bonchev–Trinajstić information content (AvgIpc) is 2.63. The largest absolute Gasteiger partial charge is 0.302 e. The van der Waals surface area contributed by atoms with Gasteiger partial charge in [0.1, 0.15) is 0 Å². The van der Waals surface area contributed by atoms with Gasteiger partial charge in [-0.2, -0.15) is 5.26 Å². The van der Waals surface area contributed by atoms with E-state index < -0.39 is 0 Å². The number of hydrogen-bond acceptors (Lipinski definition) is 2. The molecule has 0 unspecified atom stereocenters. The molecule has 0 radical (unpaired) electrons. The van der Waals surface area contributed by atoms with Gasteiger partial charge in [0.25, 0.3) is 0 Å². The fourth-order valence-electron chi connectivity index (χ4n) is 2.86. The lowest BCUT2D eigenvalue weighted by atomic mass is 9.69. The molecule has 2 rings (SSSR count). The van der Waals surface area contributed by atoms with Gasteiger partial charge in [0.2, 0.25) is 0 Å². The highest BCUT2D eigenvalue weighted by Gasteiger charge is 2.39. The van der Waals surface area contributed by atoms with Gasteiger partial charge in [0.15, 0.2) is 0 Å². The molecule has 0 amide bonds. The Hall–Kier alpha value is -0.550. The van der Waals surface area contributed by atoms with E-state index in [0.29, 0.717) is 0 Å². The van der Waals surface area contributed by atoms with Gasteiger partial charge in [-0.3, -0.25) is 0 Å². The van der Waals surface area contributed by atoms with Crippen molar-refractivity contribution in [3.05, 3.63) is 0 Å². The molecular weight excluding hydrogens is 172 g/mol. The van der Waals surface area contributed by atoms with Gasteiger partial charge in [-0.05, 0) is 32.7 Å². The summed E-state index contributed by atoms with van der Waals surface area (Å²) >= 11 is 0. The maximum absolute atomic E-state index is 9.15. The van der Waals surface area contributed by atoms with Crippen LogP contribution in [0, 0.1) is 16.7 Å². The van der Waals surface area contributed by atoms with Gasteiger partial charge in [-0.25, -0.2) is 0 Å². The van der Waals surface area contributed by atoms with Crippen LogP contribution in [-0.4, -0.2) is 24.5 Å². The van der Waals surface area contributed by atoms with Gasteiger partial charge >= 0.3 is 0 Å². The van der Waals surface area contributed by atoms with Crippen LogP contribution in [0.3, 0.4) is 0 Å². The fraction of sp³-hybridized carbons (Fsp3) is 0.917. The second-order valence-electron chi connectivity index (χ2n) is 5.10. The van der Waals surface area contributed by atoms with E-state index in [1.54, 1.807) is 0 Å². The number of rotatable bonds is 3. The Morgan fingerprint density at radius 3 is 2.36 bits per heavy atom. The Kier molecular flexibility index (Phi) is 2.78. The van der Waals surface area contributed by atoms with E-state index in [1.165, 1.54) is 32.1 Å². The second kappa shape index (κ2) is 3.90. The molecule has 2 aliphatic rings. The van der Waals surface area contributed by atoms with Gasteiger partial charge in [-0.15, -0.1) is 0 Å². The highest BCUT2D eigenvalue weighted by molar-refractivity contribution is 5.06. The van der Waals surface area contributed by atoms with Gasteiger partial charge in [-0.1, -0.05) is 19.3 Å². The van der Waals surface area contributed by atoms with E-state index in [9.17, 15) is 0 Å². The van der Waals surface area contributed by atoms with Crippen molar-refractivity contribution in [2.45, 2.75) is 51.0 Å². The molecule has 2 saturated carbocycles. The van der Waals surface area contributed by atoms with Gasteiger partial charge in [0.05, 0.1) is 11.5 Å². The summed E-state index contributed by atoms with van der Waals surface area (Å²) in [5, 5.41) is 9.15. The summed E-state index contributed by atoms with van der Waals surface area (Å²) in [6, 6.07) is 3.29. The molecule has 78 valence electrons. The summed E-state index contributed by atoms with van der Waals surface area (Å²) < 4.78 is 0. The zero-order valence-electron chi connectivity index (χ0n) is 9.13. The molecule has 0 saturated heterocycles. The first-order chi connectivity index (χ1) is 6.76. The third-order valence-corrected chi connectivity index (χ3v) is 4.05. The molecule has 0 aromatic heterocycles. The van der Waals surface area contributed by atoms with Crippen molar-refractivity contribution >= 4 is 0 Å². The highest BCUT2D eigenvalue weighted by Crippen LogP contribution is 2.41. The van der Waals surface area contributed by atoms with Crippen molar-refractivity contribution in [3.63, 3.8) is 0 Å².